The van der Waals surface area contributed by atoms with Crippen LogP contribution in [0.4, 0.5) is 0 Å². The normalized spacial score (nSPS) is 13.4. The molecule has 96 valence electrons. The van der Waals surface area contributed by atoms with E-state index in [1.807, 2.05) is 37.3 Å². The molecule has 1 aromatic carbocycles. The molecule has 0 aliphatic rings. The van der Waals surface area contributed by atoms with Crippen LogP contribution in [0.5, 0.6) is 0 Å². The minimum Gasteiger partial charge on any atom is -0.352 e. The second-order valence-electron chi connectivity index (χ2n) is 4.22. The van der Waals surface area contributed by atoms with Crippen LogP contribution in [0.25, 0.3) is 0 Å². The van der Waals surface area contributed by atoms with Crippen molar-refractivity contribution < 1.29 is 4.79 Å². The molecule has 17 heavy (non-hydrogen) atoms. The molecule has 0 spiro atoms. The summed E-state index contributed by atoms with van der Waals surface area (Å²) in [5, 5.41) is 2.87. The van der Waals surface area contributed by atoms with Gasteiger partial charge in [0.1, 0.15) is 0 Å². The van der Waals surface area contributed by atoms with E-state index in [1.54, 1.807) is 0 Å². The van der Waals surface area contributed by atoms with E-state index in [1.165, 1.54) is 5.56 Å². The Morgan fingerprint density at radius 1 is 1.29 bits per heavy atom. The van der Waals surface area contributed by atoms with Gasteiger partial charge in [-0.1, -0.05) is 37.3 Å². The van der Waals surface area contributed by atoms with Crippen molar-refractivity contribution in [3.05, 3.63) is 35.9 Å². The number of rotatable bonds is 5. The number of carbonyl (C=O) groups is 1. The van der Waals surface area contributed by atoms with Crippen molar-refractivity contribution in [2.75, 3.05) is 6.54 Å². The summed E-state index contributed by atoms with van der Waals surface area (Å²) in [5.74, 6) is 0.306. The first-order chi connectivity index (χ1) is 7.63. The lowest BCUT2D eigenvalue weighted by atomic mass is 9.97. The van der Waals surface area contributed by atoms with Crippen molar-refractivity contribution in [3.63, 3.8) is 0 Å². The molecule has 0 heterocycles. The number of nitrogens with one attached hydrogen (secondary N) is 1. The van der Waals surface area contributed by atoms with E-state index in [0.29, 0.717) is 13.0 Å². The molecule has 3 N–H and O–H groups in total. The van der Waals surface area contributed by atoms with Gasteiger partial charge in [0, 0.05) is 19.0 Å². The van der Waals surface area contributed by atoms with Crippen LogP contribution in [0.2, 0.25) is 0 Å². The first-order valence-electron chi connectivity index (χ1n) is 5.68. The smallest absolute Gasteiger partial charge is 0.220 e. The van der Waals surface area contributed by atoms with Crippen LogP contribution in [0.3, 0.4) is 0 Å². The van der Waals surface area contributed by atoms with Crippen LogP contribution in [-0.2, 0) is 4.79 Å². The van der Waals surface area contributed by atoms with Crippen LogP contribution in [0.1, 0.15) is 31.7 Å². The molecule has 0 saturated heterocycles. The highest BCUT2D eigenvalue weighted by atomic mass is 35.5. The summed E-state index contributed by atoms with van der Waals surface area (Å²) in [7, 11) is 0. The Balaban J connectivity index is 0.00000256. The molecule has 0 aliphatic carbocycles. The van der Waals surface area contributed by atoms with Gasteiger partial charge < -0.3 is 11.1 Å². The summed E-state index contributed by atoms with van der Waals surface area (Å²) < 4.78 is 0. The van der Waals surface area contributed by atoms with Gasteiger partial charge in [-0.15, -0.1) is 12.4 Å². The Morgan fingerprint density at radius 2 is 1.88 bits per heavy atom. The molecule has 0 aliphatic heterocycles. The van der Waals surface area contributed by atoms with Crippen LogP contribution in [-0.4, -0.2) is 18.5 Å². The molecule has 3 nitrogen and oxygen atoms in total. The van der Waals surface area contributed by atoms with Crippen molar-refractivity contribution in [1.82, 2.24) is 5.32 Å². The molecular formula is C13H21ClN2O. The number of amides is 1. The van der Waals surface area contributed by atoms with Gasteiger partial charge >= 0.3 is 0 Å². The van der Waals surface area contributed by atoms with E-state index in [2.05, 4.69) is 12.2 Å². The summed E-state index contributed by atoms with van der Waals surface area (Å²) in [6.07, 6.45) is 0.508. The fraction of sp³-hybridized carbons (Fsp3) is 0.462. The molecule has 1 aromatic rings. The molecule has 0 saturated carbocycles. The maximum Gasteiger partial charge on any atom is 0.220 e. The molecule has 2 atom stereocenters. The average molecular weight is 257 g/mol. The van der Waals surface area contributed by atoms with Crippen LogP contribution in [0, 0.1) is 0 Å². The number of halogens is 1. The third-order valence-corrected chi connectivity index (χ3v) is 2.62. The van der Waals surface area contributed by atoms with Crippen LogP contribution in [0.15, 0.2) is 30.3 Å². The number of benzene rings is 1. The zero-order chi connectivity index (χ0) is 12.0. The van der Waals surface area contributed by atoms with E-state index in [4.69, 9.17) is 5.73 Å². The Labute approximate surface area is 109 Å². The maximum atomic E-state index is 11.6. The van der Waals surface area contributed by atoms with E-state index >= 15 is 0 Å². The van der Waals surface area contributed by atoms with Crippen LogP contribution >= 0.6 is 12.4 Å². The highest BCUT2D eigenvalue weighted by Crippen LogP contribution is 2.17. The van der Waals surface area contributed by atoms with Crippen molar-refractivity contribution in [3.8, 4) is 0 Å². The van der Waals surface area contributed by atoms with Crippen molar-refractivity contribution in [2.24, 2.45) is 5.73 Å². The predicted octanol–water partition coefficient (Wildman–Crippen LogP) is 2.07. The quantitative estimate of drug-likeness (QED) is 0.847. The Morgan fingerprint density at radius 3 is 2.41 bits per heavy atom. The van der Waals surface area contributed by atoms with E-state index in [0.717, 1.165) is 0 Å². The SMILES string of the molecule is CC(CC(=O)N[C@@H](C)CN)c1ccccc1.Cl. The monoisotopic (exact) mass is 256 g/mol. The van der Waals surface area contributed by atoms with Gasteiger partial charge in [0.15, 0.2) is 0 Å². The van der Waals surface area contributed by atoms with E-state index in [9.17, 15) is 4.79 Å². The second kappa shape index (κ2) is 8.09. The fourth-order valence-corrected chi connectivity index (χ4v) is 1.57. The van der Waals surface area contributed by atoms with Gasteiger partial charge in [0.05, 0.1) is 0 Å². The van der Waals surface area contributed by atoms with Crippen molar-refractivity contribution in [2.45, 2.75) is 32.2 Å². The van der Waals surface area contributed by atoms with Gasteiger partial charge in [0.25, 0.3) is 0 Å². The largest absolute Gasteiger partial charge is 0.352 e. The maximum absolute atomic E-state index is 11.6. The minimum absolute atomic E-state index is 0. The Hall–Kier alpha value is -1.06. The summed E-state index contributed by atoms with van der Waals surface area (Å²) in [5.41, 5.74) is 6.64. The lowest BCUT2D eigenvalue weighted by Crippen LogP contribution is -2.38. The molecular weight excluding hydrogens is 236 g/mol. The minimum atomic E-state index is 0. The Kier molecular flexibility index (Phi) is 7.59. The Bertz CT molecular complexity index is 329. The van der Waals surface area contributed by atoms with Gasteiger partial charge in [-0.2, -0.15) is 0 Å². The molecule has 1 amide bonds. The predicted molar refractivity (Wildman–Crippen MR) is 73.4 cm³/mol. The summed E-state index contributed by atoms with van der Waals surface area (Å²) in [6, 6.07) is 10.1. The highest BCUT2D eigenvalue weighted by molar-refractivity contribution is 5.85. The third kappa shape index (κ3) is 5.71. The highest BCUT2D eigenvalue weighted by Gasteiger charge is 2.12. The molecule has 4 heteroatoms. The molecule has 0 fully saturated rings. The number of hydrogen-bond acceptors (Lipinski definition) is 2. The zero-order valence-electron chi connectivity index (χ0n) is 10.3. The number of nitrogens with two attached hydrogens (primary N) is 1. The van der Waals surface area contributed by atoms with Crippen molar-refractivity contribution >= 4 is 18.3 Å². The third-order valence-electron chi connectivity index (χ3n) is 2.62. The van der Waals surface area contributed by atoms with Crippen molar-refractivity contribution in [1.29, 1.82) is 0 Å². The summed E-state index contributed by atoms with van der Waals surface area (Å²) >= 11 is 0. The average Bonchev–Trinajstić information content (AvgIpc) is 2.29. The topological polar surface area (TPSA) is 55.1 Å². The van der Waals surface area contributed by atoms with Gasteiger partial charge in [-0.25, -0.2) is 0 Å². The fourth-order valence-electron chi connectivity index (χ4n) is 1.57. The zero-order valence-corrected chi connectivity index (χ0v) is 11.2. The second-order valence-corrected chi connectivity index (χ2v) is 4.22. The molecule has 0 radical (unpaired) electrons. The first kappa shape index (κ1) is 15.9. The standard InChI is InChI=1S/C13H20N2O.ClH/c1-10(12-6-4-3-5-7-12)8-13(16)15-11(2)9-14;/h3-7,10-11H,8-9,14H2,1-2H3,(H,15,16);1H/t10?,11-;/m0./s1. The van der Waals surface area contributed by atoms with Gasteiger partial charge in [0.2, 0.25) is 5.91 Å². The van der Waals surface area contributed by atoms with Crippen LogP contribution < -0.4 is 11.1 Å². The van der Waals surface area contributed by atoms with E-state index < -0.39 is 0 Å². The molecule has 1 rings (SSSR count). The number of hydrogen-bond donors (Lipinski definition) is 2. The molecule has 1 unspecified atom stereocenters. The first-order valence-corrected chi connectivity index (χ1v) is 5.68. The summed E-state index contributed by atoms with van der Waals surface area (Å²) in [4.78, 5) is 11.6. The lowest BCUT2D eigenvalue weighted by Gasteiger charge is -2.15. The van der Waals surface area contributed by atoms with E-state index in [-0.39, 0.29) is 30.3 Å². The molecule has 0 aromatic heterocycles. The van der Waals surface area contributed by atoms with Gasteiger partial charge in [-0.05, 0) is 18.4 Å². The van der Waals surface area contributed by atoms with Gasteiger partial charge in [-0.3, -0.25) is 4.79 Å². The number of carbonyl (C=O) groups excluding carboxylic acids is 1. The summed E-state index contributed by atoms with van der Waals surface area (Å²) in [6.45, 7) is 4.44. The molecule has 0 bridgehead atoms. The lowest BCUT2D eigenvalue weighted by molar-refractivity contribution is -0.121.